The highest BCUT2D eigenvalue weighted by Crippen LogP contribution is 2.06. The van der Waals surface area contributed by atoms with Gasteiger partial charge in [0.15, 0.2) is 0 Å². The third-order valence-corrected chi connectivity index (χ3v) is 1.35. The van der Waals surface area contributed by atoms with E-state index in [0.717, 1.165) is 5.56 Å². The average Bonchev–Trinajstić information content (AvgIpc) is 1.85. The molecule has 0 atom stereocenters. The number of hydrogen-bond acceptors (Lipinski definition) is 1. The molecular weight excluding hydrogens is 143 g/mol. The fraction of sp³-hybridized carbons (Fsp3) is 0.125. The highest BCUT2D eigenvalue weighted by atomic mass is 19.1. The first-order chi connectivity index (χ1) is 5.09. The van der Waals surface area contributed by atoms with Gasteiger partial charge in [-0.1, -0.05) is 0 Å². The number of nitrogens with one attached hydrogen (secondary N) is 1. The third kappa shape index (κ3) is 1.77. The lowest BCUT2D eigenvalue weighted by atomic mass is 10.1. The molecule has 58 valence electrons. The first-order valence-electron chi connectivity index (χ1n) is 3.21. The van der Waals surface area contributed by atoms with Crippen molar-refractivity contribution >= 4 is 5.84 Å². The molecule has 0 heterocycles. The molecule has 0 bridgehead atoms. The highest BCUT2D eigenvalue weighted by Gasteiger charge is 1.99. The monoisotopic (exact) mass is 152 g/mol. The summed E-state index contributed by atoms with van der Waals surface area (Å²) in [6.45, 7) is 1.76. The van der Waals surface area contributed by atoms with Crippen molar-refractivity contribution < 1.29 is 4.39 Å². The molecule has 3 heteroatoms. The minimum atomic E-state index is -0.352. The van der Waals surface area contributed by atoms with Crippen LogP contribution in [0.25, 0.3) is 0 Å². The van der Waals surface area contributed by atoms with E-state index < -0.39 is 0 Å². The quantitative estimate of drug-likeness (QED) is 0.464. The van der Waals surface area contributed by atoms with E-state index >= 15 is 0 Å². The molecule has 1 aromatic carbocycles. The fourth-order valence-corrected chi connectivity index (χ4v) is 0.892. The lowest BCUT2D eigenvalue weighted by Crippen LogP contribution is -2.11. The van der Waals surface area contributed by atoms with Crippen molar-refractivity contribution in [3.63, 3.8) is 0 Å². The predicted molar refractivity (Wildman–Crippen MR) is 42.2 cm³/mol. The molecule has 0 aliphatic carbocycles. The third-order valence-electron chi connectivity index (χ3n) is 1.35. The number of amidine groups is 1. The number of halogens is 1. The summed E-state index contributed by atoms with van der Waals surface area (Å²) in [5.74, 6) is -0.456. The molecule has 0 saturated carbocycles. The maximum Gasteiger partial charge on any atom is 0.124 e. The maximum atomic E-state index is 12.6. The van der Waals surface area contributed by atoms with Gasteiger partial charge in [-0.15, -0.1) is 0 Å². The van der Waals surface area contributed by atoms with Crippen molar-refractivity contribution in [3.05, 3.63) is 35.1 Å². The van der Waals surface area contributed by atoms with Crippen molar-refractivity contribution in [3.8, 4) is 0 Å². The first-order valence-corrected chi connectivity index (χ1v) is 3.21. The second kappa shape index (κ2) is 2.70. The second-order valence-corrected chi connectivity index (χ2v) is 2.43. The van der Waals surface area contributed by atoms with Crippen LogP contribution in [-0.2, 0) is 0 Å². The topological polar surface area (TPSA) is 49.9 Å². The van der Waals surface area contributed by atoms with E-state index in [0.29, 0.717) is 5.56 Å². The Morgan fingerprint density at radius 1 is 1.45 bits per heavy atom. The minimum absolute atomic E-state index is 0.104. The minimum Gasteiger partial charge on any atom is -0.384 e. The van der Waals surface area contributed by atoms with Gasteiger partial charge in [0.2, 0.25) is 0 Å². The Morgan fingerprint density at radius 3 is 2.55 bits per heavy atom. The van der Waals surface area contributed by atoms with Gasteiger partial charge in [0.1, 0.15) is 11.7 Å². The molecule has 0 radical (unpaired) electrons. The van der Waals surface area contributed by atoms with E-state index in [4.69, 9.17) is 11.1 Å². The van der Waals surface area contributed by atoms with Crippen LogP contribution in [0, 0.1) is 18.2 Å². The molecule has 0 unspecified atom stereocenters. The van der Waals surface area contributed by atoms with Crippen LogP contribution in [0.5, 0.6) is 0 Å². The summed E-state index contributed by atoms with van der Waals surface area (Å²) in [6.07, 6.45) is 0. The van der Waals surface area contributed by atoms with E-state index in [1.807, 2.05) is 0 Å². The Bertz CT molecular complexity index is 274. The van der Waals surface area contributed by atoms with Gasteiger partial charge in [0, 0.05) is 5.56 Å². The van der Waals surface area contributed by atoms with Crippen LogP contribution in [0.15, 0.2) is 18.2 Å². The molecule has 0 spiro atoms. The molecule has 0 saturated heterocycles. The van der Waals surface area contributed by atoms with Crippen molar-refractivity contribution in [2.75, 3.05) is 0 Å². The Balaban J connectivity index is 3.19. The van der Waals surface area contributed by atoms with E-state index in [1.165, 1.54) is 12.1 Å². The molecule has 0 aromatic heterocycles. The molecule has 1 rings (SSSR count). The normalized spacial score (nSPS) is 9.64. The van der Waals surface area contributed by atoms with Gasteiger partial charge in [-0.3, -0.25) is 5.41 Å². The molecule has 0 fully saturated rings. The summed E-state index contributed by atoms with van der Waals surface area (Å²) >= 11 is 0. The molecule has 11 heavy (non-hydrogen) atoms. The van der Waals surface area contributed by atoms with Crippen LogP contribution >= 0.6 is 0 Å². The summed E-state index contributed by atoms with van der Waals surface area (Å²) in [5.41, 5.74) is 6.37. The summed E-state index contributed by atoms with van der Waals surface area (Å²) in [4.78, 5) is 0. The number of hydrogen-bond donors (Lipinski definition) is 2. The summed E-state index contributed by atoms with van der Waals surface area (Å²) in [5, 5.41) is 7.04. The summed E-state index contributed by atoms with van der Waals surface area (Å²) < 4.78 is 12.6. The number of aryl methyl sites for hydroxylation is 1. The van der Waals surface area contributed by atoms with Crippen LogP contribution in [0.2, 0.25) is 0 Å². The zero-order chi connectivity index (χ0) is 8.43. The molecule has 1 aromatic rings. The summed E-state index contributed by atoms with van der Waals surface area (Å²) in [6, 6.07) is 4.31. The number of nitrogens with two attached hydrogens (primary N) is 1. The molecule has 3 N–H and O–H groups in total. The smallest absolute Gasteiger partial charge is 0.124 e. The molecule has 0 aliphatic rings. The maximum absolute atomic E-state index is 12.6. The van der Waals surface area contributed by atoms with Crippen LogP contribution in [-0.4, -0.2) is 5.84 Å². The average molecular weight is 152 g/mol. The van der Waals surface area contributed by atoms with E-state index in [9.17, 15) is 4.39 Å². The number of rotatable bonds is 1. The largest absolute Gasteiger partial charge is 0.384 e. The van der Waals surface area contributed by atoms with E-state index in [1.54, 1.807) is 13.0 Å². The second-order valence-electron chi connectivity index (χ2n) is 2.43. The molecule has 0 aliphatic heterocycles. The Morgan fingerprint density at radius 2 is 2.09 bits per heavy atom. The Kier molecular flexibility index (Phi) is 1.89. The predicted octanol–water partition coefficient (Wildman–Crippen LogP) is 1.42. The zero-order valence-corrected chi connectivity index (χ0v) is 6.19. The van der Waals surface area contributed by atoms with Crippen LogP contribution in [0.3, 0.4) is 0 Å². The molecular formula is C8H9FN2. The molecule has 0 amide bonds. The van der Waals surface area contributed by atoms with Crippen molar-refractivity contribution in [1.82, 2.24) is 0 Å². The van der Waals surface area contributed by atoms with Gasteiger partial charge in [-0.25, -0.2) is 4.39 Å². The van der Waals surface area contributed by atoms with Crippen molar-refractivity contribution in [2.24, 2.45) is 5.73 Å². The van der Waals surface area contributed by atoms with Crippen LogP contribution in [0.1, 0.15) is 11.1 Å². The number of nitrogen functional groups attached to an aromatic ring is 1. The van der Waals surface area contributed by atoms with Crippen molar-refractivity contribution in [1.29, 1.82) is 5.41 Å². The van der Waals surface area contributed by atoms with Gasteiger partial charge in [-0.2, -0.15) is 0 Å². The molecule has 2 nitrogen and oxygen atoms in total. The summed E-state index contributed by atoms with van der Waals surface area (Å²) in [7, 11) is 0. The Hall–Kier alpha value is -1.38. The van der Waals surface area contributed by atoms with Gasteiger partial charge in [0.05, 0.1) is 0 Å². The number of benzene rings is 1. The van der Waals surface area contributed by atoms with Crippen LogP contribution < -0.4 is 5.73 Å². The van der Waals surface area contributed by atoms with Gasteiger partial charge >= 0.3 is 0 Å². The SMILES string of the molecule is Cc1cc(F)cc(C(=N)N)c1. The standard InChI is InChI=1S/C8H9FN2/c1-5-2-6(8(10)11)4-7(9)3-5/h2-4H,1H3,(H3,10,11). The lowest BCUT2D eigenvalue weighted by Gasteiger charge is -1.99. The fourth-order valence-electron chi connectivity index (χ4n) is 0.892. The zero-order valence-electron chi connectivity index (χ0n) is 6.19. The van der Waals surface area contributed by atoms with Gasteiger partial charge in [0.25, 0.3) is 0 Å². The van der Waals surface area contributed by atoms with Gasteiger partial charge < -0.3 is 5.73 Å². The Labute approximate surface area is 64.4 Å². The van der Waals surface area contributed by atoms with E-state index in [2.05, 4.69) is 0 Å². The highest BCUT2D eigenvalue weighted by molar-refractivity contribution is 5.95. The lowest BCUT2D eigenvalue weighted by molar-refractivity contribution is 0.626. The van der Waals surface area contributed by atoms with Gasteiger partial charge in [-0.05, 0) is 30.7 Å². The first kappa shape index (κ1) is 7.72. The van der Waals surface area contributed by atoms with Crippen LogP contribution in [0.4, 0.5) is 4.39 Å². The van der Waals surface area contributed by atoms with Crippen molar-refractivity contribution in [2.45, 2.75) is 6.92 Å². The van der Waals surface area contributed by atoms with E-state index in [-0.39, 0.29) is 11.7 Å².